The van der Waals surface area contributed by atoms with Crippen molar-refractivity contribution >= 4 is 29.1 Å². The average Bonchev–Trinajstić information content (AvgIpc) is 2.80. The molecule has 0 radical (unpaired) electrons. The summed E-state index contributed by atoms with van der Waals surface area (Å²) in [4.78, 5) is 34.4. The zero-order valence-corrected chi connectivity index (χ0v) is 16.8. The minimum Gasteiger partial charge on any atom is -0.378 e. The van der Waals surface area contributed by atoms with Crippen molar-refractivity contribution in [3.63, 3.8) is 0 Å². The Bertz CT molecular complexity index is 890. The number of piperazine rings is 1. The summed E-state index contributed by atoms with van der Waals surface area (Å²) >= 11 is 0. The van der Waals surface area contributed by atoms with Crippen LogP contribution in [0, 0.1) is 0 Å². The Morgan fingerprint density at radius 1 is 0.933 bits per heavy atom. The lowest BCUT2D eigenvalue weighted by atomic mass is 10.2. The van der Waals surface area contributed by atoms with E-state index in [1.165, 1.54) is 0 Å². The quantitative estimate of drug-likeness (QED) is 0.792. The number of nitrogens with one attached hydrogen (secondary N) is 1. The predicted octanol–water partition coefficient (Wildman–Crippen LogP) is 1.50. The summed E-state index contributed by atoms with van der Waals surface area (Å²) < 4.78 is 5.32. The highest BCUT2D eigenvalue weighted by Crippen LogP contribution is 2.23. The number of hydrogen-bond acceptors (Lipinski definition) is 6. The Morgan fingerprint density at radius 3 is 2.27 bits per heavy atom. The number of rotatable bonds is 4. The van der Waals surface area contributed by atoms with Crippen molar-refractivity contribution in [1.82, 2.24) is 14.8 Å². The number of aromatic nitrogens is 1. The van der Waals surface area contributed by atoms with Gasteiger partial charge in [0, 0.05) is 56.8 Å². The number of carbonyl (C=O) groups is 2. The Kier molecular flexibility index (Phi) is 5.99. The number of pyridine rings is 1. The van der Waals surface area contributed by atoms with E-state index in [0.717, 1.165) is 24.5 Å². The van der Waals surface area contributed by atoms with Crippen LogP contribution in [0.3, 0.4) is 0 Å². The summed E-state index contributed by atoms with van der Waals surface area (Å²) in [6, 6.07) is 11.4. The SMILES string of the molecule is NC(=O)c1cccnc1Nc1ccc(N2CCN(C(=O)N3CCOCC3)CC2)cc1. The highest BCUT2D eigenvalue weighted by Gasteiger charge is 2.26. The molecule has 3 N–H and O–H groups in total. The van der Waals surface area contributed by atoms with Gasteiger partial charge in [0.1, 0.15) is 5.82 Å². The molecule has 9 heteroatoms. The maximum Gasteiger partial charge on any atom is 0.320 e. The van der Waals surface area contributed by atoms with E-state index < -0.39 is 5.91 Å². The summed E-state index contributed by atoms with van der Waals surface area (Å²) in [5.41, 5.74) is 7.67. The standard InChI is InChI=1S/C21H26N6O3/c22-19(28)18-2-1-7-23-20(18)24-16-3-5-17(6-4-16)25-8-10-26(11-9-25)21(29)27-12-14-30-15-13-27/h1-7H,8-15H2,(H2,22,28)(H,23,24). The molecule has 1 aromatic carbocycles. The highest BCUT2D eigenvalue weighted by atomic mass is 16.5. The smallest absolute Gasteiger partial charge is 0.320 e. The summed E-state index contributed by atoms with van der Waals surface area (Å²) in [5.74, 6) is -0.0836. The Hall–Kier alpha value is -3.33. The molecule has 0 atom stereocenters. The summed E-state index contributed by atoms with van der Waals surface area (Å²) in [6.45, 7) is 5.54. The molecule has 0 saturated carbocycles. The predicted molar refractivity (Wildman–Crippen MR) is 114 cm³/mol. The molecule has 2 aromatic rings. The summed E-state index contributed by atoms with van der Waals surface area (Å²) in [6.07, 6.45) is 1.61. The van der Waals surface area contributed by atoms with E-state index in [1.807, 2.05) is 34.1 Å². The van der Waals surface area contributed by atoms with Gasteiger partial charge >= 0.3 is 6.03 Å². The number of hydrogen-bond donors (Lipinski definition) is 2. The van der Waals surface area contributed by atoms with Crippen LogP contribution in [0.2, 0.25) is 0 Å². The fourth-order valence-corrected chi connectivity index (χ4v) is 3.71. The van der Waals surface area contributed by atoms with E-state index in [-0.39, 0.29) is 6.03 Å². The largest absolute Gasteiger partial charge is 0.378 e. The number of nitrogens with two attached hydrogens (primary N) is 1. The number of anilines is 3. The first-order valence-corrected chi connectivity index (χ1v) is 10.1. The Morgan fingerprint density at radius 2 is 1.60 bits per heavy atom. The lowest BCUT2D eigenvalue weighted by molar-refractivity contribution is 0.0428. The van der Waals surface area contributed by atoms with Crippen LogP contribution in [0.15, 0.2) is 42.6 Å². The molecule has 0 bridgehead atoms. The van der Waals surface area contributed by atoms with Gasteiger partial charge in [-0.15, -0.1) is 0 Å². The molecule has 1 aromatic heterocycles. The Labute approximate surface area is 175 Å². The van der Waals surface area contributed by atoms with Gasteiger partial charge in [-0.3, -0.25) is 4.79 Å². The molecule has 3 amide bonds. The van der Waals surface area contributed by atoms with Crippen LogP contribution >= 0.6 is 0 Å². The third-order valence-corrected chi connectivity index (χ3v) is 5.40. The van der Waals surface area contributed by atoms with Gasteiger partial charge in [0.2, 0.25) is 0 Å². The minimum atomic E-state index is -0.522. The van der Waals surface area contributed by atoms with Crippen molar-refractivity contribution in [2.75, 3.05) is 62.7 Å². The van der Waals surface area contributed by atoms with Crippen LogP contribution in [0.1, 0.15) is 10.4 Å². The van der Waals surface area contributed by atoms with Gasteiger partial charge in [-0.05, 0) is 36.4 Å². The van der Waals surface area contributed by atoms with E-state index >= 15 is 0 Å². The maximum absolute atomic E-state index is 12.6. The molecule has 0 unspecified atom stereocenters. The fourth-order valence-electron chi connectivity index (χ4n) is 3.71. The molecule has 4 rings (SSSR count). The number of morpholine rings is 1. The third-order valence-electron chi connectivity index (χ3n) is 5.40. The molecule has 2 aliphatic heterocycles. The molecule has 2 fully saturated rings. The van der Waals surface area contributed by atoms with E-state index in [0.29, 0.717) is 50.8 Å². The van der Waals surface area contributed by atoms with Crippen LogP contribution in [-0.2, 0) is 4.74 Å². The number of primary amides is 1. The van der Waals surface area contributed by atoms with Crippen LogP contribution in [0.25, 0.3) is 0 Å². The van der Waals surface area contributed by atoms with E-state index in [2.05, 4.69) is 15.2 Å². The maximum atomic E-state index is 12.6. The average molecular weight is 410 g/mol. The molecule has 9 nitrogen and oxygen atoms in total. The van der Waals surface area contributed by atoms with Gasteiger partial charge in [-0.25, -0.2) is 9.78 Å². The molecule has 0 spiro atoms. The van der Waals surface area contributed by atoms with Gasteiger partial charge in [0.25, 0.3) is 5.91 Å². The van der Waals surface area contributed by atoms with Crippen molar-refractivity contribution in [2.45, 2.75) is 0 Å². The van der Waals surface area contributed by atoms with Gasteiger partial charge in [-0.2, -0.15) is 0 Å². The number of ether oxygens (including phenoxy) is 1. The Balaban J connectivity index is 1.34. The van der Waals surface area contributed by atoms with Gasteiger partial charge < -0.3 is 30.5 Å². The van der Waals surface area contributed by atoms with Gasteiger partial charge in [0.15, 0.2) is 0 Å². The third kappa shape index (κ3) is 4.46. The van der Waals surface area contributed by atoms with E-state index in [4.69, 9.17) is 10.5 Å². The zero-order chi connectivity index (χ0) is 20.9. The van der Waals surface area contributed by atoms with Gasteiger partial charge in [-0.1, -0.05) is 0 Å². The second-order valence-corrected chi connectivity index (χ2v) is 7.29. The molecular formula is C21H26N6O3. The van der Waals surface area contributed by atoms with E-state index in [1.54, 1.807) is 18.3 Å². The lowest BCUT2D eigenvalue weighted by Crippen LogP contribution is -2.54. The van der Waals surface area contributed by atoms with Crippen molar-refractivity contribution < 1.29 is 14.3 Å². The molecular weight excluding hydrogens is 384 g/mol. The van der Waals surface area contributed by atoms with Crippen LogP contribution in [0.4, 0.5) is 22.0 Å². The fraction of sp³-hybridized carbons (Fsp3) is 0.381. The van der Waals surface area contributed by atoms with Crippen molar-refractivity contribution in [1.29, 1.82) is 0 Å². The van der Waals surface area contributed by atoms with E-state index in [9.17, 15) is 9.59 Å². The minimum absolute atomic E-state index is 0.109. The number of benzene rings is 1. The molecule has 158 valence electrons. The zero-order valence-electron chi connectivity index (χ0n) is 16.8. The molecule has 2 aliphatic rings. The lowest BCUT2D eigenvalue weighted by Gasteiger charge is -2.39. The monoisotopic (exact) mass is 410 g/mol. The van der Waals surface area contributed by atoms with Crippen molar-refractivity contribution in [3.05, 3.63) is 48.2 Å². The normalized spacial score (nSPS) is 17.0. The molecule has 30 heavy (non-hydrogen) atoms. The first-order chi connectivity index (χ1) is 14.6. The van der Waals surface area contributed by atoms with Crippen molar-refractivity contribution in [2.24, 2.45) is 5.73 Å². The molecule has 2 saturated heterocycles. The topological polar surface area (TPSA) is 104 Å². The first kappa shape index (κ1) is 20.0. The molecule has 3 heterocycles. The van der Waals surface area contributed by atoms with Crippen LogP contribution in [-0.4, -0.2) is 79.2 Å². The second kappa shape index (κ2) is 9.00. The number of amides is 3. The van der Waals surface area contributed by atoms with Crippen LogP contribution in [0.5, 0.6) is 0 Å². The second-order valence-electron chi connectivity index (χ2n) is 7.29. The highest BCUT2D eigenvalue weighted by molar-refractivity contribution is 5.98. The number of carbonyl (C=O) groups excluding carboxylic acids is 2. The van der Waals surface area contributed by atoms with Crippen molar-refractivity contribution in [3.8, 4) is 0 Å². The summed E-state index contributed by atoms with van der Waals surface area (Å²) in [5, 5.41) is 3.14. The summed E-state index contributed by atoms with van der Waals surface area (Å²) in [7, 11) is 0. The number of nitrogens with zero attached hydrogens (tertiary/aromatic N) is 4. The number of urea groups is 1. The first-order valence-electron chi connectivity index (χ1n) is 10.1. The molecule has 0 aliphatic carbocycles. The van der Waals surface area contributed by atoms with Crippen LogP contribution < -0.4 is 16.0 Å². The van der Waals surface area contributed by atoms with Gasteiger partial charge in [0.05, 0.1) is 18.8 Å².